The molecule has 2 amide bonds. The van der Waals surface area contributed by atoms with Crippen LogP contribution < -0.4 is 10.1 Å². The van der Waals surface area contributed by atoms with Crippen LogP contribution in [0, 0.1) is 6.92 Å². The molecule has 1 atom stereocenters. The fourth-order valence-electron chi connectivity index (χ4n) is 2.69. The number of hydrogen-bond donors (Lipinski definition) is 2. The maximum absolute atomic E-state index is 14.0. The zero-order valence-electron chi connectivity index (χ0n) is 14.0. The summed E-state index contributed by atoms with van der Waals surface area (Å²) in [5.41, 5.74) is 0.0655. The van der Waals surface area contributed by atoms with Crippen molar-refractivity contribution in [2.24, 2.45) is 0 Å². The van der Waals surface area contributed by atoms with E-state index in [9.17, 15) is 9.18 Å². The summed E-state index contributed by atoms with van der Waals surface area (Å²) in [6.07, 6.45) is 0.153. The largest absolute Gasteiger partial charge is 0.457 e. The van der Waals surface area contributed by atoms with Gasteiger partial charge in [-0.1, -0.05) is 17.7 Å². The molecule has 0 spiro atoms. The molecule has 1 aliphatic rings. The molecular formula is C19H21FN2O3. The number of aliphatic hydroxyl groups excluding tert-OH is 1. The molecule has 1 aliphatic heterocycles. The molecule has 3 rings (SSSR count). The van der Waals surface area contributed by atoms with Crippen molar-refractivity contribution in [3.63, 3.8) is 0 Å². The van der Waals surface area contributed by atoms with Gasteiger partial charge in [0.05, 0.1) is 13.2 Å². The molecule has 132 valence electrons. The fourth-order valence-corrected chi connectivity index (χ4v) is 2.69. The van der Waals surface area contributed by atoms with Gasteiger partial charge in [-0.3, -0.25) is 0 Å². The van der Waals surface area contributed by atoms with Crippen molar-refractivity contribution in [3.05, 3.63) is 54.1 Å². The van der Waals surface area contributed by atoms with Crippen LogP contribution in [0.25, 0.3) is 0 Å². The number of nitrogens with one attached hydrogen (secondary N) is 1. The number of ether oxygens (including phenoxy) is 1. The SMILES string of the molecule is Cc1ccc(Oc2ccc(NC(=O)N3CC[C@@](F)(CO)C3)cc2)cc1. The summed E-state index contributed by atoms with van der Waals surface area (Å²) in [5, 5.41) is 11.8. The molecule has 25 heavy (non-hydrogen) atoms. The van der Waals surface area contributed by atoms with Gasteiger partial charge in [-0.05, 0) is 43.3 Å². The molecule has 2 aromatic rings. The number of anilines is 1. The molecule has 0 bridgehead atoms. The van der Waals surface area contributed by atoms with Gasteiger partial charge in [-0.25, -0.2) is 9.18 Å². The first-order valence-electron chi connectivity index (χ1n) is 8.18. The van der Waals surface area contributed by atoms with Gasteiger partial charge in [-0.15, -0.1) is 0 Å². The highest BCUT2D eigenvalue weighted by Gasteiger charge is 2.39. The summed E-state index contributed by atoms with van der Waals surface area (Å²) in [4.78, 5) is 13.5. The number of aliphatic hydroxyl groups is 1. The summed E-state index contributed by atoms with van der Waals surface area (Å²) < 4.78 is 19.7. The molecule has 0 aliphatic carbocycles. The molecule has 6 heteroatoms. The Balaban J connectivity index is 1.57. The van der Waals surface area contributed by atoms with Crippen LogP contribution in [0.4, 0.5) is 14.9 Å². The number of alkyl halides is 1. The van der Waals surface area contributed by atoms with Crippen LogP contribution in [0.5, 0.6) is 11.5 Å². The molecule has 1 heterocycles. The Morgan fingerprint density at radius 2 is 1.80 bits per heavy atom. The summed E-state index contributed by atoms with van der Waals surface area (Å²) >= 11 is 0. The van der Waals surface area contributed by atoms with Gasteiger partial charge in [0.2, 0.25) is 0 Å². The monoisotopic (exact) mass is 344 g/mol. The second-order valence-corrected chi connectivity index (χ2v) is 6.35. The molecule has 0 aromatic heterocycles. The molecule has 0 radical (unpaired) electrons. The van der Waals surface area contributed by atoms with Crippen molar-refractivity contribution in [2.75, 3.05) is 25.0 Å². The first kappa shape index (κ1) is 17.2. The second-order valence-electron chi connectivity index (χ2n) is 6.35. The quantitative estimate of drug-likeness (QED) is 0.888. The number of nitrogens with zero attached hydrogens (tertiary/aromatic N) is 1. The second kappa shape index (κ2) is 7.11. The van der Waals surface area contributed by atoms with E-state index in [1.807, 2.05) is 31.2 Å². The Morgan fingerprint density at radius 3 is 2.36 bits per heavy atom. The average Bonchev–Trinajstić information content (AvgIpc) is 3.02. The minimum absolute atomic E-state index is 0.0933. The molecular weight excluding hydrogens is 323 g/mol. The third-order valence-electron chi connectivity index (χ3n) is 4.24. The van der Waals surface area contributed by atoms with E-state index in [4.69, 9.17) is 9.84 Å². The normalized spacial score (nSPS) is 19.7. The number of hydrogen-bond acceptors (Lipinski definition) is 3. The molecule has 1 saturated heterocycles. The van der Waals surface area contributed by atoms with E-state index in [-0.39, 0.29) is 25.5 Å². The lowest BCUT2D eigenvalue weighted by molar-refractivity contribution is 0.0813. The van der Waals surface area contributed by atoms with E-state index in [0.717, 1.165) is 11.3 Å². The minimum Gasteiger partial charge on any atom is -0.457 e. The predicted molar refractivity (Wildman–Crippen MR) is 93.8 cm³/mol. The zero-order valence-corrected chi connectivity index (χ0v) is 14.0. The number of likely N-dealkylation sites (tertiary alicyclic amines) is 1. The van der Waals surface area contributed by atoms with Gasteiger partial charge in [0.25, 0.3) is 0 Å². The number of carbonyl (C=O) groups is 1. The number of aryl methyl sites for hydroxylation is 1. The van der Waals surface area contributed by atoms with Gasteiger partial charge in [-0.2, -0.15) is 0 Å². The van der Waals surface area contributed by atoms with E-state index >= 15 is 0 Å². The van der Waals surface area contributed by atoms with E-state index < -0.39 is 12.3 Å². The number of urea groups is 1. The van der Waals surface area contributed by atoms with Crippen LogP contribution in [-0.2, 0) is 0 Å². The number of amides is 2. The molecule has 2 N–H and O–H groups in total. The van der Waals surface area contributed by atoms with E-state index in [1.54, 1.807) is 24.3 Å². The number of carbonyl (C=O) groups excluding carboxylic acids is 1. The van der Waals surface area contributed by atoms with Crippen LogP contribution in [0.3, 0.4) is 0 Å². The van der Waals surface area contributed by atoms with Crippen molar-refractivity contribution in [1.29, 1.82) is 0 Å². The maximum atomic E-state index is 14.0. The lowest BCUT2D eigenvalue weighted by Crippen LogP contribution is -2.37. The maximum Gasteiger partial charge on any atom is 0.321 e. The Morgan fingerprint density at radius 1 is 1.20 bits per heavy atom. The Labute approximate surface area is 146 Å². The molecule has 0 saturated carbocycles. The van der Waals surface area contributed by atoms with Crippen LogP contribution in [0.2, 0.25) is 0 Å². The highest BCUT2D eigenvalue weighted by atomic mass is 19.1. The van der Waals surface area contributed by atoms with Gasteiger partial charge >= 0.3 is 6.03 Å². The van der Waals surface area contributed by atoms with Crippen molar-refractivity contribution in [3.8, 4) is 11.5 Å². The molecule has 0 unspecified atom stereocenters. The van der Waals surface area contributed by atoms with E-state index in [2.05, 4.69) is 5.32 Å². The van der Waals surface area contributed by atoms with Crippen LogP contribution >= 0.6 is 0 Å². The van der Waals surface area contributed by atoms with Crippen molar-refractivity contribution < 1.29 is 19.0 Å². The Kier molecular flexibility index (Phi) is 4.90. The molecule has 5 nitrogen and oxygen atoms in total. The highest BCUT2D eigenvalue weighted by Crippen LogP contribution is 2.26. The molecule has 2 aromatic carbocycles. The third-order valence-corrected chi connectivity index (χ3v) is 4.24. The van der Waals surface area contributed by atoms with Crippen LogP contribution in [-0.4, -0.2) is 41.4 Å². The Bertz CT molecular complexity index is 733. The average molecular weight is 344 g/mol. The van der Waals surface area contributed by atoms with Crippen molar-refractivity contribution in [2.45, 2.75) is 19.0 Å². The van der Waals surface area contributed by atoms with Gasteiger partial charge in [0.1, 0.15) is 11.5 Å². The van der Waals surface area contributed by atoms with Crippen LogP contribution in [0.1, 0.15) is 12.0 Å². The van der Waals surface area contributed by atoms with Crippen molar-refractivity contribution in [1.82, 2.24) is 4.90 Å². The third kappa shape index (κ3) is 4.28. The lowest BCUT2D eigenvalue weighted by atomic mass is 10.1. The lowest BCUT2D eigenvalue weighted by Gasteiger charge is -2.19. The minimum atomic E-state index is -1.69. The first-order chi connectivity index (χ1) is 12.0. The van der Waals surface area contributed by atoms with Crippen LogP contribution in [0.15, 0.2) is 48.5 Å². The predicted octanol–water partition coefficient (Wildman–Crippen LogP) is 3.73. The summed E-state index contributed by atoms with van der Waals surface area (Å²) in [6.45, 7) is 1.64. The standard InChI is InChI=1S/C19H21FN2O3/c1-14-2-6-16(7-3-14)25-17-8-4-15(5-9-17)21-18(24)22-11-10-19(20,12-22)13-23/h2-9,23H,10-13H2,1H3,(H,21,24)/t19-/m0/s1. The van der Waals surface area contributed by atoms with Gasteiger partial charge in [0, 0.05) is 18.7 Å². The Hall–Kier alpha value is -2.60. The smallest absolute Gasteiger partial charge is 0.321 e. The summed E-state index contributed by atoms with van der Waals surface area (Å²) in [7, 11) is 0. The summed E-state index contributed by atoms with van der Waals surface area (Å²) in [5.74, 6) is 1.40. The number of halogens is 1. The zero-order chi connectivity index (χ0) is 17.9. The fraction of sp³-hybridized carbons (Fsp3) is 0.316. The van der Waals surface area contributed by atoms with E-state index in [0.29, 0.717) is 11.4 Å². The summed E-state index contributed by atoms with van der Waals surface area (Å²) in [6, 6.07) is 14.3. The first-order valence-corrected chi connectivity index (χ1v) is 8.18. The molecule has 1 fully saturated rings. The van der Waals surface area contributed by atoms with Crippen molar-refractivity contribution >= 4 is 11.7 Å². The van der Waals surface area contributed by atoms with Gasteiger partial charge < -0.3 is 20.1 Å². The topological polar surface area (TPSA) is 61.8 Å². The number of rotatable bonds is 4. The highest BCUT2D eigenvalue weighted by molar-refractivity contribution is 5.89. The number of benzene rings is 2. The van der Waals surface area contributed by atoms with Gasteiger partial charge in [0.15, 0.2) is 5.67 Å². The van der Waals surface area contributed by atoms with E-state index in [1.165, 1.54) is 4.90 Å².